The van der Waals surface area contributed by atoms with Crippen LogP contribution in [0.4, 0.5) is 0 Å². The van der Waals surface area contributed by atoms with Crippen molar-refractivity contribution in [2.24, 2.45) is 5.73 Å². The van der Waals surface area contributed by atoms with Crippen molar-refractivity contribution in [2.75, 3.05) is 13.2 Å². The van der Waals surface area contributed by atoms with Crippen molar-refractivity contribution in [3.8, 4) is 0 Å². The lowest BCUT2D eigenvalue weighted by atomic mass is 10.2. The van der Waals surface area contributed by atoms with Crippen LogP contribution in [0.2, 0.25) is 0 Å². The molecule has 2 N–H and O–H groups in total. The first-order valence-corrected chi connectivity index (χ1v) is 5.59. The molecule has 0 bridgehead atoms. The highest BCUT2D eigenvalue weighted by Crippen LogP contribution is 2.06. The number of nitrogens with zero attached hydrogens (tertiary/aromatic N) is 2. The Labute approximate surface area is 91.4 Å². The molecule has 86 valence electrons. The van der Waals surface area contributed by atoms with Crippen molar-refractivity contribution in [1.29, 1.82) is 0 Å². The van der Waals surface area contributed by atoms with Crippen LogP contribution in [-0.2, 0) is 11.3 Å². The fourth-order valence-electron chi connectivity index (χ4n) is 1.24. The second-order valence-corrected chi connectivity index (χ2v) is 3.79. The molecule has 0 fully saturated rings. The Morgan fingerprint density at radius 1 is 1.53 bits per heavy atom. The molecule has 0 aliphatic carbocycles. The third kappa shape index (κ3) is 4.44. The van der Waals surface area contributed by atoms with E-state index in [1.807, 2.05) is 24.0 Å². The summed E-state index contributed by atoms with van der Waals surface area (Å²) in [6.07, 6.45) is 6.10. The molecular formula is C11H21N3O. The maximum absolute atomic E-state index is 5.74. The molecule has 4 heteroatoms. The summed E-state index contributed by atoms with van der Waals surface area (Å²) < 4.78 is 7.34. The van der Waals surface area contributed by atoms with Crippen molar-refractivity contribution in [2.45, 2.75) is 39.3 Å². The fraction of sp³-hybridized carbons (Fsp3) is 0.727. The molecule has 0 radical (unpaired) electrons. The molecule has 0 amide bonds. The van der Waals surface area contributed by atoms with Gasteiger partial charge in [-0.05, 0) is 13.3 Å². The van der Waals surface area contributed by atoms with Crippen LogP contribution in [0.25, 0.3) is 0 Å². The monoisotopic (exact) mass is 211 g/mol. The SMILES string of the molecule is CCCCOCCn1cc(C(C)N)cn1. The molecule has 1 unspecified atom stereocenters. The van der Waals surface area contributed by atoms with E-state index >= 15 is 0 Å². The average molecular weight is 211 g/mol. The van der Waals surface area contributed by atoms with Crippen LogP contribution in [0.1, 0.15) is 38.3 Å². The molecule has 0 saturated heterocycles. The van der Waals surface area contributed by atoms with E-state index in [1.54, 1.807) is 0 Å². The second kappa shape index (κ2) is 6.58. The second-order valence-electron chi connectivity index (χ2n) is 3.79. The van der Waals surface area contributed by atoms with Gasteiger partial charge in [0.15, 0.2) is 0 Å². The Bertz CT molecular complexity index is 271. The maximum atomic E-state index is 5.74. The zero-order chi connectivity index (χ0) is 11.1. The summed E-state index contributed by atoms with van der Waals surface area (Å²) >= 11 is 0. The van der Waals surface area contributed by atoms with Gasteiger partial charge in [-0.15, -0.1) is 0 Å². The highest BCUT2D eigenvalue weighted by molar-refractivity contribution is 5.07. The van der Waals surface area contributed by atoms with Crippen molar-refractivity contribution in [1.82, 2.24) is 9.78 Å². The number of ether oxygens (including phenoxy) is 1. The Morgan fingerprint density at radius 3 is 2.93 bits per heavy atom. The molecule has 0 spiro atoms. The first kappa shape index (κ1) is 12.2. The van der Waals surface area contributed by atoms with Crippen LogP contribution in [0.5, 0.6) is 0 Å². The lowest BCUT2D eigenvalue weighted by Crippen LogP contribution is -2.07. The molecule has 1 atom stereocenters. The minimum absolute atomic E-state index is 0.0553. The van der Waals surface area contributed by atoms with E-state index in [0.29, 0.717) is 0 Å². The summed E-state index contributed by atoms with van der Waals surface area (Å²) in [7, 11) is 0. The lowest BCUT2D eigenvalue weighted by Gasteiger charge is -2.03. The van der Waals surface area contributed by atoms with Crippen LogP contribution in [0, 0.1) is 0 Å². The number of unbranched alkanes of at least 4 members (excludes halogenated alkanes) is 1. The number of aromatic nitrogens is 2. The average Bonchev–Trinajstić information content (AvgIpc) is 2.66. The van der Waals surface area contributed by atoms with Crippen LogP contribution >= 0.6 is 0 Å². The van der Waals surface area contributed by atoms with E-state index in [2.05, 4.69) is 12.0 Å². The number of hydrogen-bond acceptors (Lipinski definition) is 3. The first-order chi connectivity index (χ1) is 7.24. The van der Waals surface area contributed by atoms with E-state index in [9.17, 15) is 0 Å². The Balaban J connectivity index is 2.20. The van der Waals surface area contributed by atoms with Crippen LogP contribution < -0.4 is 5.73 Å². The van der Waals surface area contributed by atoms with Crippen molar-refractivity contribution in [3.05, 3.63) is 18.0 Å². The summed E-state index contributed by atoms with van der Waals surface area (Å²) in [5.74, 6) is 0. The van der Waals surface area contributed by atoms with Crippen molar-refractivity contribution >= 4 is 0 Å². The molecular weight excluding hydrogens is 190 g/mol. The molecule has 1 aromatic heterocycles. The van der Waals surface area contributed by atoms with Gasteiger partial charge in [0.2, 0.25) is 0 Å². The smallest absolute Gasteiger partial charge is 0.0662 e. The van der Waals surface area contributed by atoms with Crippen molar-refractivity contribution < 1.29 is 4.74 Å². The lowest BCUT2D eigenvalue weighted by molar-refractivity contribution is 0.121. The van der Waals surface area contributed by atoms with Gasteiger partial charge in [-0.2, -0.15) is 5.10 Å². The minimum atomic E-state index is 0.0553. The molecule has 0 aromatic carbocycles. The maximum Gasteiger partial charge on any atom is 0.0662 e. The Morgan fingerprint density at radius 2 is 2.33 bits per heavy atom. The van der Waals surface area contributed by atoms with Crippen LogP contribution in [0.15, 0.2) is 12.4 Å². The Hall–Kier alpha value is -0.870. The molecule has 15 heavy (non-hydrogen) atoms. The van der Waals surface area contributed by atoms with Gasteiger partial charge in [-0.1, -0.05) is 13.3 Å². The predicted octanol–water partition coefficient (Wildman–Crippen LogP) is 1.72. The third-order valence-corrected chi connectivity index (χ3v) is 2.29. The largest absolute Gasteiger partial charge is 0.380 e. The fourth-order valence-corrected chi connectivity index (χ4v) is 1.24. The minimum Gasteiger partial charge on any atom is -0.380 e. The topological polar surface area (TPSA) is 53.1 Å². The molecule has 1 heterocycles. The van der Waals surface area contributed by atoms with Crippen LogP contribution in [0.3, 0.4) is 0 Å². The molecule has 0 aliphatic rings. The Kier molecular flexibility index (Phi) is 5.36. The van der Waals surface area contributed by atoms with Crippen molar-refractivity contribution in [3.63, 3.8) is 0 Å². The van der Waals surface area contributed by atoms with Gasteiger partial charge in [0.25, 0.3) is 0 Å². The zero-order valence-corrected chi connectivity index (χ0v) is 9.65. The zero-order valence-electron chi connectivity index (χ0n) is 9.65. The normalized spacial score (nSPS) is 13.0. The highest BCUT2D eigenvalue weighted by Gasteiger charge is 2.02. The van der Waals surface area contributed by atoms with Gasteiger partial charge in [0, 0.05) is 24.4 Å². The van der Waals surface area contributed by atoms with Gasteiger partial charge < -0.3 is 10.5 Å². The van der Waals surface area contributed by atoms with E-state index in [1.165, 1.54) is 6.42 Å². The third-order valence-electron chi connectivity index (χ3n) is 2.29. The molecule has 4 nitrogen and oxygen atoms in total. The summed E-state index contributed by atoms with van der Waals surface area (Å²) in [6, 6.07) is 0.0553. The van der Waals surface area contributed by atoms with Gasteiger partial charge in [-0.25, -0.2) is 0 Å². The van der Waals surface area contributed by atoms with Gasteiger partial charge in [0.1, 0.15) is 0 Å². The predicted molar refractivity (Wildman–Crippen MR) is 60.6 cm³/mol. The quantitative estimate of drug-likeness (QED) is 0.699. The molecule has 1 rings (SSSR count). The summed E-state index contributed by atoms with van der Waals surface area (Å²) in [5, 5.41) is 4.21. The number of hydrogen-bond donors (Lipinski definition) is 1. The van der Waals surface area contributed by atoms with Gasteiger partial charge in [-0.3, -0.25) is 4.68 Å². The molecule has 1 aromatic rings. The summed E-state index contributed by atoms with van der Waals surface area (Å²) in [6.45, 7) is 6.49. The van der Waals surface area contributed by atoms with E-state index in [4.69, 9.17) is 10.5 Å². The molecule has 0 aliphatic heterocycles. The summed E-state index contributed by atoms with van der Waals surface area (Å²) in [5.41, 5.74) is 6.81. The standard InChI is InChI=1S/C11H21N3O/c1-3-4-6-15-7-5-14-9-11(8-13-14)10(2)12/h8-10H,3-7,12H2,1-2H3. The number of rotatable bonds is 7. The summed E-state index contributed by atoms with van der Waals surface area (Å²) in [4.78, 5) is 0. The van der Waals surface area contributed by atoms with E-state index in [0.717, 1.165) is 31.7 Å². The van der Waals surface area contributed by atoms with E-state index in [-0.39, 0.29) is 6.04 Å². The first-order valence-electron chi connectivity index (χ1n) is 5.59. The van der Waals surface area contributed by atoms with E-state index < -0.39 is 0 Å². The highest BCUT2D eigenvalue weighted by atomic mass is 16.5. The van der Waals surface area contributed by atoms with Gasteiger partial charge >= 0.3 is 0 Å². The van der Waals surface area contributed by atoms with Gasteiger partial charge in [0.05, 0.1) is 19.3 Å². The molecule has 0 saturated carbocycles. The number of nitrogens with two attached hydrogens (primary N) is 1. The van der Waals surface area contributed by atoms with Crippen LogP contribution in [-0.4, -0.2) is 23.0 Å².